The molecule has 0 radical (unpaired) electrons. The molecule has 0 aliphatic heterocycles. The van der Waals surface area contributed by atoms with Gasteiger partial charge in [-0.2, -0.15) is 0 Å². The smallest absolute Gasteiger partial charge is 0.253 e. The van der Waals surface area contributed by atoms with Crippen molar-refractivity contribution in [2.45, 2.75) is 26.7 Å². The van der Waals surface area contributed by atoms with Crippen molar-refractivity contribution in [1.29, 1.82) is 0 Å². The van der Waals surface area contributed by atoms with Crippen molar-refractivity contribution in [2.75, 3.05) is 26.2 Å². The molecular formula is C15H24N2O2. The van der Waals surface area contributed by atoms with E-state index < -0.39 is 0 Å². The third-order valence-corrected chi connectivity index (χ3v) is 2.94. The van der Waals surface area contributed by atoms with Crippen LogP contribution in [0.25, 0.3) is 0 Å². The highest BCUT2D eigenvalue weighted by Crippen LogP contribution is 2.15. The van der Waals surface area contributed by atoms with E-state index in [1.807, 2.05) is 36.9 Å². The summed E-state index contributed by atoms with van der Waals surface area (Å²) in [6.45, 7) is 6.66. The van der Waals surface area contributed by atoms with Crippen molar-refractivity contribution in [1.82, 2.24) is 4.90 Å². The van der Waals surface area contributed by atoms with E-state index in [1.165, 1.54) is 0 Å². The number of rotatable bonds is 8. The quantitative estimate of drug-likeness (QED) is 0.733. The van der Waals surface area contributed by atoms with E-state index in [9.17, 15) is 4.79 Å². The number of nitrogens with two attached hydrogens (primary N) is 1. The van der Waals surface area contributed by atoms with Gasteiger partial charge in [0.1, 0.15) is 5.75 Å². The van der Waals surface area contributed by atoms with Crippen molar-refractivity contribution >= 4 is 5.91 Å². The monoisotopic (exact) mass is 264 g/mol. The van der Waals surface area contributed by atoms with Crippen molar-refractivity contribution in [2.24, 2.45) is 5.73 Å². The van der Waals surface area contributed by atoms with Crippen LogP contribution in [0.1, 0.15) is 37.0 Å². The van der Waals surface area contributed by atoms with Crippen LogP contribution in [0.5, 0.6) is 5.75 Å². The summed E-state index contributed by atoms with van der Waals surface area (Å²) in [5.74, 6) is 0.799. The van der Waals surface area contributed by atoms with Crippen LogP contribution in [-0.2, 0) is 0 Å². The number of benzene rings is 1. The van der Waals surface area contributed by atoms with Crippen LogP contribution in [0, 0.1) is 0 Å². The standard InChI is InChI=1S/C15H24N2O2/c1-3-17(11-6-5-10-16)15(18)13-8-7-9-14(12-13)19-4-2/h7-9,12H,3-6,10-11,16H2,1-2H3. The molecule has 0 atom stereocenters. The highest BCUT2D eigenvalue weighted by molar-refractivity contribution is 5.94. The fourth-order valence-electron chi connectivity index (χ4n) is 1.92. The number of hydrogen-bond acceptors (Lipinski definition) is 3. The van der Waals surface area contributed by atoms with E-state index in [2.05, 4.69) is 0 Å². The highest BCUT2D eigenvalue weighted by atomic mass is 16.5. The number of carbonyl (C=O) groups excluding carboxylic acids is 1. The van der Waals surface area contributed by atoms with Crippen molar-refractivity contribution < 1.29 is 9.53 Å². The Bertz CT molecular complexity index is 393. The number of ether oxygens (including phenoxy) is 1. The maximum Gasteiger partial charge on any atom is 0.253 e. The van der Waals surface area contributed by atoms with E-state index in [0.717, 1.165) is 25.1 Å². The van der Waals surface area contributed by atoms with Gasteiger partial charge in [-0.05, 0) is 51.4 Å². The average molecular weight is 264 g/mol. The van der Waals surface area contributed by atoms with Gasteiger partial charge in [0.25, 0.3) is 5.91 Å². The Labute approximate surface area is 115 Å². The minimum absolute atomic E-state index is 0.0566. The van der Waals surface area contributed by atoms with Crippen LogP contribution in [-0.4, -0.2) is 37.0 Å². The summed E-state index contributed by atoms with van der Waals surface area (Å²) in [5, 5.41) is 0. The SMILES string of the molecule is CCOc1cccc(C(=O)N(CC)CCCCN)c1. The van der Waals surface area contributed by atoms with Gasteiger partial charge < -0.3 is 15.4 Å². The molecule has 0 aliphatic carbocycles. The second kappa shape index (κ2) is 8.53. The first kappa shape index (κ1) is 15.5. The lowest BCUT2D eigenvalue weighted by Crippen LogP contribution is -2.32. The summed E-state index contributed by atoms with van der Waals surface area (Å²) in [7, 11) is 0. The average Bonchev–Trinajstić information content (AvgIpc) is 2.44. The van der Waals surface area contributed by atoms with Gasteiger partial charge >= 0.3 is 0 Å². The lowest BCUT2D eigenvalue weighted by molar-refractivity contribution is 0.0761. The minimum atomic E-state index is 0.0566. The molecule has 4 nitrogen and oxygen atoms in total. The first-order valence-corrected chi connectivity index (χ1v) is 6.95. The lowest BCUT2D eigenvalue weighted by Gasteiger charge is -2.21. The molecule has 1 aromatic rings. The molecule has 0 bridgehead atoms. The molecule has 0 heterocycles. The summed E-state index contributed by atoms with van der Waals surface area (Å²) in [6, 6.07) is 7.35. The molecule has 4 heteroatoms. The maximum atomic E-state index is 12.4. The number of amides is 1. The Morgan fingerprint density at radius 1 is 1.32 bits per heavy atom. The molecule has 0 aromatic heterocycles. The van der Waals surface area contributed by atoms with Gasteiger partial charge in [0.15, 0.2) is 0 Å². The van der Waals surface area contributed by atoms with Gasteiger partial charge in [-0.3, -0.25) is 4.79 Å². The molecule has 106 valence electrons. The zero-order valence-electron chi connectivity index (χ0n) is 11.9. The van der Waals surface area contributed by atoms with Crippen LogP contribution in [0.3, 0.4) is 0 Å². The topological polar surface area (TPSA) is 55.6 Å². The van der Waals surface area contributed by atoms with Crippen LogP contribution >= 0.6 is 0 Å². The first-order valence-electron chi connectivity index (χ1n) is 6.95. The largest absolute Gasteiger partial charge is 0.494 e. The molecule has 1 aromatic carbocycles. The molecule has 0 spiro atoms. The summed E-state index contributed by atoms with van der Waals surface area (Å²) >= 11 is 0. The molecule has 0 unspecified atom stereocenters. The molecule has 1 amide bonds. The van der Waals surface area contributed by atoms with E-state index in [1.54, 1.807) is 6.07 Å². The Morgan fingerprint density at radius 3 is 2.74 bits per heavy atom. The number of unbranched alkanes of at least 4 members (excludes halogenated alkanes) is 1. The zero-order valence-corrected chi connectivity index (χ0v) is 11.9. The van der Waals surface area contributed by atoms with Gasteiger partial charge in [-0.1, -0.05) is 6.07 Å². The molecule has 0 fully saturated rings. The summed E-state index contributed by atoms with van der Waals surface area (Å²) in [5.41, 5.74) is 6.16. The molecular weight excluding hydrogens is 240 g/mol. The molecule has 0 saturated carbocycles. The van der Waals surface area contributed by atoms with Crippen LogP contribution in [0.15, 0.2) is 24.3 Å². The van der Waals surface area contributed by atoms with Gasteiger partial charge in [-0.25, -0.2) is 0 Å². The number of hydrogen-bond donors (Lipinski definition) is 1. The van der Waals surface area contributed by atoms with Crippen molar-refractivity contribution in [3.63, 3.8) is 0 Å². The van der Waals surface area contributed by atoms with Crippen molar-refractivity contribution in [3.05, 3.63) is 29.8 Å². The third-order valence-electron chi connectivity index (χ3n) is 2.94. The minimum Gasteiger partial charge on any atom is -0.494 e. The van der Waals surface area contributed by atoms with E-state index in [4.69, 9.17) is 10.5 Å². The second-order valence-electron chi connectivity index (χ2n) is 4.34. The molecule has 0 aliphatic rings. The first-order chi connectivity index (χ1) is 9.22. The van der Waals surface area contributed by atoms with Gasteiger partial charge in [0, 0.05) is 18.7 Å². The van der Waals surface area contributed by atoms with Gasteiger partial charge in [0.05, 0.1) is 6.61 Å². The molecule has 1 rings (SSSR count). The Balaban J connectivity index is 2.70. The zero-order chi connectivity index (χ0) is 14.1. The fourth-order valence-corrected chi connectivity index (χ4v) is 1.92. The molecule has 0 saturated heterocycles. The van der Waals surface area contributed by atoms with E-state index in [0.29, 0.717) is 25.3 Å². The van der Waals surface area contributed by atoms with Crippen LogP contribution in [0.4, 0.5) is 0 Å². The van der Waals surface area contributed by atoms with Gasteiger partial charge in [0.2, 0.25) is 0 Å². The van der Waals surface area contributed by atoms with Crippen molar-refractivity contribution in [3.8, 4) is 5.75 Å². The van der Waals surface area contributed by atoms with Crippen LogP contribution in [0.2, 0.25) is 0 Å². The summed E-state index contributed by atoms with van der Waals surface area (Å²) < 4.78 is 5.42. The Hall–Kier alpha value is -1.55. The molecule has 2 N–H and O–H groups in total. The number of carbonyl (C=O) groups is 1. The van der Waals surface area contributed by atoms with Gasteiger partial charge in [-0.15, -0.1) is 0 Å². The fraction of sp³-hybridized carbons (Fsp3) is 0.533. The lowest BCUT2D eigenvalue weighted by atomic mass is 10.1. The predicted molar refractivity (Wildman–Crippen MR) is 77.5 cm³/mol. The summed E-state index contributed by atoms with van der Waals surface area (Å²) in [6.07, 6.45) is 1.89. The summed E-state index contributed by atoms with van der Waals surface area (Å²) in [4.78, 5) is 14.2. The van der Waals surface area contributed by atoms with E-state index >= 15 is 0 Å². The normalized spacial score (nSPS) is 10.3. The highest BCUT2D eigenvalue weighted by Gasteiger charge is 2.14. The Morgan fingerprint density at radius 2 is 2.11 bits per heavy atom. The maximum absolute atomic E-state index is 12.4. The third kappa shape index (κ3) is 4.91. The van der Waals surface area contributed by atoms with E-state index in [-0.39, 0.29) is 5.91 Å². The van der Waals surface area contributed by atoms with Crippen LogP contribution < -0.4 is 10.5 Å². The second-order valence-corrected chi connectivity index (χ2v) is 4.34. The predicted octanol–water partition coefficient (Wildman–Crippen LogP) is 2.29. The number of nitrogens with zero attached hydrogens (tertiary/aromatic N) is 1. The Kier molecular flexibility index (Phi) is 6.97. The molecule has 19 heavy (non-hydrogen) atoms.